The Kier molecular flexibility index (Phi) is 5.40. The summed E-state index contributed by atoms with van der Waals surface area (Å²) in [5.41, 5.74) is 0.777. The van der Waals surface area contributed by atoms with E-state index in [1.165, 1.54) is 47.7 Å². The molecule has 25 heavy (non-hydrogen) atoms. The number of carbonyl (C=O) groups is 1. The number of ether oxygens (including phenoxy) is 1. The number of benzene rings is 2. The van der Waals surface area contributed by atoms with Gasteiger partial charge in [0.05, 0.1) is 6.04 Å². The predicted octanol–water partition coefficient (Wildman–Crippen LogP) is 4.31. The van der Waals surface area contributed by atoms with Crippen LogP contribution in [0.3, 0.4) is 0 Å². The molecule has 1 aromatic heterocycles. The van der Waals surface area contributed by atoms with Crippen LogP contribution in [-0.2, 0) is 4.79 Å². The number of hydrogen-bond acceptors (Lipinski definition) is 3. The van der Waals surface area contributed by atoms with E-state index in [-0.39, 0.29) is 30.2 Å². The molecule has 1 N–H and O–H groups in total. The van der Waals surface area contributed by atoms with E-state index in [0.29, 0.717) is 5.75 Å². The lowest BCUT2D eigenvalue weighted by molar-refractivity contribution is -0.123. The molecule has 128 valence electrons. The molecule has 0 bridgehead atoms. The summed E-state index contributed by atoms with van der Waals surface area (Å²) in [6.45, 7) is -0.200. The van der Waals surface area contributed by atoms with Gasteiger partial charge in [-0.05, 0) is 53.4 Å². The molecule has 0 aliphatic rings. The van der Waals surface area contributed by atoms with Crippen molar-refractivity contribution in [3.05, 3.63) is 88.1 Å². The average Bonchev–Trinajstić information content (AvgIpc) is 3.14. The van der Waals surface area contributed by atoms with Crippen LogP contribution in [0.15, 0.2) is 66.0 Å². The monoisotopic (exact) mass is 359 g/mol. The lowest BCUT2D eigenvalue weighted by Gasteiger charge is -2.18. The molecule has 3 nitrogen and oxygen atoms in total. The van der Waals surface area contributed by atoms with E-state index in [1.54, 1.807) is 12.1 Å². The van der Waals surface area contributed by atoms with Gasteiger partial charge in [0.1, 0.15) is 17.4 Å². The van der Waals surface area contributed by atoms with Gasteiger partial charge >= 0.3 is 0 Å². The lowest BCUT2D eigenvalue weighted by Crippen LogP contribution is -2.32. The van der Waals surface area contributed by atoms with Gasteiger partial charge in [0.15, 0.2) is 6.61 Å². The molecule has 0 spiro atoms. The van der Waals surface area contributed by atoms with E-state index in [1.807, 2.05) is 17.5 Å². The van der Waals surface area contributed by atoms with Crippen molar-refractivity contribution in [2.24, 2.45) is 0 Å². The molecule has 1 atom stereocenters. The minimum atomic E-state index is -0.384. The second-order valence-electron chi connectivity index (χ2n) is 5.31. The molecular weight excluding hydrogens is 344 g/mol. The van der Waals surface area contributed by atoms with Gasteiger partial charge < -0.3 is 10.1 Å². The Labute approximate surface area is 147 Å². The highest BCUT2D eigenvalue weighted by Crippen LogP contribution is 2.26. The van der Waals surface area contributed by atoms with Crippen molar-refractivity contribution in [1.82, 2.24) is 5.32 Å². The van der Waals surface area contributed by atoms with Crippen molar-refractivity contribution in [3.63, 3.8) is 0 Å². The minimum absolute atomic E-state index is 0.200. The van der Waals surface area contributed by atoms with Crippen molar-refractivity contribution in [2.45, 2.75) is 6.04 Å². The number of thiophene rings is 1. The summed E-state index contributed by atoms with van der Waals surface area (Å²) >= 11 is 1.50. The Bertz CT molecular complexity index is 818. The van der Waals surface area contributed by atoms with E-state index in [9.17, 15) is 13.6 Å². The van der Waals surface area contributed by atoms with E-state index >= 15 is 0 Å². The summed E-state index contributed by atoms with van der Waals surface area (Å²) in [5, 5.41) is 4.80. The smallest absolute Gasteiger partial charge is 0.258 e. The number of carbonyl (C=O) groups excluding carboxylic acids is 1. The molecule has 0 unspecified atom stereocenters. The highest BCUT2D eigenvalue weighted by Gasteiger charge is 2.18. The first-order chi connectivity index (χ1) is 12.1. The fraction of sp³-hybridized carbons (Fsp3) is 0.105. The molecule has 3 rings (SSSR count). The molecule has 2 aromatic carbocycles. The molecule has 0 aliphatic carbocycles. The molecule has 0 aliphatic heterocycles. The molecule has 1 heterocycles. The van der Waals surface area contributed by atoms with Crippen LogP contribution in [0, 0.1) is 11.6 Å². The molecule has 0 fully saturated rings. The van der Waals surface area contributed by atoms with Gasteiger partial charge in [0.25, 0.3) is 5.91 Å². The summed E-state index contributed by atoms with van der Waals surface area (Å²) < 4.78 is 31.4. The van der Waals surface area contributed by atoms with Crippen LogP contribution < -0.4 is 10.1 Å². The minimum Gasteiger partial charge on any atom is -0.484 e. The maximum Gasteiger partial charge on any atom is 0.258 e. The van der Waals surface area contributed by atoms with Crippen molar-refractivity contribution in [3.8, 4) is 5.75 Å². The summed E-state index contributed by atoms with van der Waals surface area (Å²) in [5.74, 6) is -0.622. The number of nitrogens with one attached hydrogen (secondary N) is 1. The Hall–Kier alpha value is -2.73. The van der Waals surface area contributed by atoms with Crippen molar-refractivity contribution < 1.29 is 18.3 Å². The third kappa shape index (κ3) is 4.64. The standard InChI is InChI=1S/C19H15F2NO2S/c20-14-5-3-13(4-6-14)19(17-2-1-11-25-17)22-18(23)12-24-16-9-7-15(21)8-10-16/h1-11,19H,12H2,(H,22,23)/t19-/m1/s1. The van der Waals surface area contributed by atoms with Crippen LogP contribution in [-0.4, -0.2) is 12.5 Å². The van der Waals surface area contributed by atoms with Gasteiger partial charge in [0.2, 0.25) is 0 Å². The topological polar surface area (TPSA) is 38.3 Å². The Morgan fingerprint density at radius 1 is 1.00 bits per heavy atom. The first-order valence-corrected chi connectivity index (χ1v) is 8.46. The molecule has 6 heteroatoms. The number of halogens is 2. The molecule has 0 saturated carbocycles. The fourth-order valence-electron chi connectivity index (χ4n) is 2.31. The van der Waals surface area contributed by atoms with Crippen LogP contribution in [0.25, 0.3) is 0 Å². The Balaban J connectivity index is 1.68. The number of amides is 1. The van der Waals surface area contributed by atoms with Gasteiger partial charge in [-0.15, -0.1) is 11.3 Å². The molecule has 0 radical (unpaired) electrons. The van der Waals surface area contributed by atoms with Gasteiger partial charge in [-0.25, -0.2) is 8.78 Å². The molecular formula is C19H15F2NO2S. The van der Waals surface area contributed by atoms with Crippen LogP contribution >= 0.6 is 11.3 Å². The zero-order valence-corrected chi connectivity index (χ0v) is 13.9. The quantitative estimate of drug-likeness (QED) is 0.712. The average molecular weight is 359 g/mol. The third-order valence-corrected chi connectivity index (χ3v) is 4.46. The van der Waals surface area contributed by atoms with E-state index in [0.717, 1.165) is 10.4 Å². The predicted molar refractivity (Wildman–Crippen MR) is 92.6 cm³/mol. The Morgan fingerprint density at radius 2 is 1.64 bits per heavy atom. The van der Waals surface area contributed by atoms with Crippen molar-refractivity contribution >= 4 is 17.2 Å². The normalized spacial score (nSPS) is 11.8. The third-order valence-electron chi connectivity index (χ3n) is 3.52. The first-order valence-electron chi connectivity index (χ1n) is 7.58. The van der Waals surface area contributed by atoms with Crippen LogP contribution in [0.1, 0.15) is 16.5 Å². The van der Waals surface area contributed by atoms with E-state index in [2.05, 4.69) is 5.32 Å². The lowest BCUT2D eigenvalue weighted by atomic mass is 10.1. The largest absolute Gasteiger partial charge is 0.484 e. The van der Waals surface area contributed by atoms with E-state index < -0.39 is 0 Å². The maximum atomic E-state index is 13.2. The van der Waals surface area contributed by atoms with Gasteiger partial charge in [0, 0.05) is 4.88 Å². The van der Waals surface area contributed by atoms with Crippen LogP contribution in [0.2, 0.25) is 0 Å². The zero-order valence-electron chi connectivity index (χ0n) is 13.1. The number of hydrogen-bond donors (Lipinski definition) is 1. The summed E-state index contributed by atoms with van der Waals surface area (Å²) in [4.78, 5) is 13.2. The van der Waals surface area contributed by atoms with Gasteiger partial charge in [-0.1, -0.05) is 18.2 Å². The Morgan fingerprint density at radius 3 is 2.24 bits per heavy atom. The second-order valence-corrected chi connectivity index (χ2v) is 6.29. The molecule has 0 saturated heterocycles. The van der Waals surface area contributed by atoms with Gasteiger partial charge in [-0.3, -0.25) is 4.79 Å². The fourth-order valence-corrected chi connectivity index (χ4v) is 3.11. The van der Waals surface area contributed by atoms with E-state index in [4.69, 9.17) is 4.74 Å². The SMILES string of the molecule is O=C(COc1ccc(F)cc1)N[C@H](c1ccc(F)cc1)c1cccs1. The van der Waals surface area contributed by atoms with Gasteiger partial charge in [-0.2, -0.15) is 0 Å². The zero-order chi connectivity index (χ0) is 17.6. The first kappa shape index (κ1) is 17.1. The highest BCUT2D eigenvalue weighted by molar-refractivity contribution is 7.10. The molecule has 3 aromatic rings. The summed E-state index contributed by atoms with van der Waals surface area (Å²) in [6.07, 6.45) is 0. The summed E-state index contributed by atoms with van der Waals surface area (Å²) in [6, 6.07) is 14.8. The number of rotatable bonds is 6. The van der Waals surface area contributed by atoms with Crippen molar-refractivity contribution in [2.75, 3.05) is 6.61 Å². The molecule has 1 amide bonds. The summed E-state index contributed by atoms with van der Waals surface area (Å²) in [7, 11) is 0. The second kappa shape index (κ2) is 7.90. The highest BCUT2D eigenvalue weighted by atomic mass is 32.1. The maximum absolute atomic E-state index is 13.2. The van der Waals surface area contributed by atoms with Crippen molar-refractivity contribution in [1.29, 1.82) is 0 Å². The van der Waals surface area contributed by atoms with Crippen LogP contribution in [0.4, 0.5) is 8.78 Å². The van der Waals surface area contributed by atoms with Crippen LogP contribution in [0.5, 0.6) is 5.75 Å².